The normalized spacial score (nSPS) is 19.6. The molecule has 4 nitrogen and oxygen atoms in total. The second-order valence-corrected chi connectivity index (χ2v) is 8.80. The van der Waals surface area contributed by atoms with Gasteiger partial charge < -0.3 is 20.0 Å². The first-order valence-electron chi connectivity index (χ1n) is 9.92. The Morgan fingerprint density at radius 2 is 1.47 bits per heavy atom. The van der Waals surface area contributed by atoms with Crippen molar-refractivity contribution in [3.8, 4) is 5.75 Å². The van der Waals surface area contributed by atoms with Crippen molar-refractivity contribution in [3.63, 3.8) is 0 Å². The van der Waals surface area contributed by atoms with Gasteiger partial charge in [-0.05, 0) is 48.9 Å². The molecule has 152 valence electrons. The predicted octanol–water partition coefficient (Wildman–Crippen LogP) is 6.34. The fourth-order valence-corrected chi connectivity index (χ4v) is 4.87. The third kappa shape index (κ3) is 2.84. The summed E-state index contributed by atoms with van der Waals surface area (Å²) in [5.41, 5.74) is 3.76. The first-order chi connectivity index (χ1) is 14.6. The molecule has 30 heavy (non-hydrogen) atoms. The summed E-state index contributed by atoms with van der Waals surface area (Å²) in [6.45, 7) is 0.768. The number of benzene rings is 3. The van der Waals surface area contributed by atoms with E-state index in [2.05, 4.69) is 21.4 Å². The van der Waals surface area contributed by atoms with E-state index >= 15 is 0 Å². The predicted molar refractivity (Wildman–Crippen MR) is 122 cm³/mol. The van der Waals surface area contributed by atoms with Crippen LogP contribution in [0.1, 0.15) is 6.42 Å². The lowest BCUT2D eigenvalue weighted by Crippen LogP contribution is -2.28. The number of nitrogens with one attached hydrogen (secondary N) is 3. The summed E-state index contributed by atoms with van der Waals surface area (Å²) in [5, 5.41) is 8.66. The maximum atomic E-state index is 13.6. The Morgan fingerprint density at radius 3 is 2.00 bits per heavy atom. The standard InChI is InChI=1S/C23H18Cl2FN3O/c24-11-1-3-19-15(5-11)17-8-18-16-6-12(25)2-4-20(16)29-22(18)23(21(17)28-19)30-10-14-7-13(26)9-27-14/h1-6,8,13-14,27-29H,7,9-10H2. The number of rotatable bonds is 3. The Balaban J connectivity index is 1.62. The second-order valence-electron chi connectivity index (χ2n) is 7.93. The van der Waals surface area contributed by atoms with Crippen molar-refractivity contribution in [3.05, 3.63) is 52.5 Å². The van der Waals surface area contributed by atoms with Gasteiger partial charge in [0.1, 0.15) is 12.8 Å². The van der Waals surface area contributed by atoms with Crippen molar-refractivity contribution in [1.82, 2.24) is 15.3 Å². The molecule has 2 aromatic heterocycles. The number of alkyl halides is 1. The summed E-state index contributed by atoms with van der Waals surface area (Å²) in [5.74, 6) is 0.728. The Morgan fingerprint density at radius 1 is 0.867 bits per heavy atom. The summed E-state index contributed by atoms with van der Waals surface area (Å²) in [7, 11) is 0. The zero-order chi connectivity index (χ0) is 20.4. The highest BCUT2D eigenvalue weighted by Crippen LogP contribution is 2.42. The number of ether oxygens (including phenoxy) is 1. The molecule has 0 radical (unpaired) electrons. The molecular weight excluding hydrogens is 424 g/mol. The molecule has 3 heterocycles. The fraction of sp³-hybridized carbons (Fsp3) is 0.217. The summed E-state index contributed by atoms with van der Waals surface area (Å²) in [4.78, 5) is 6.96. The minimum absolute atomic E-state index is 0.0112. The molecule has 0 bridgehead atoms. The molecule has 3 aromatic carbocycles. The number of hydrogen-bond acceptors (Lipinski definition) is 2. The van der Waals surface area contributed by atoms with Crippen molar-refractivity contribution in [2.75, 3.05) is 13.2 Å². The van der Waals surface area contributed by atoms with Gasteiger partial charge in [-0.25, -0.2) is 4.39 Å². The van der Waals surface area contributed by atoms with Gasteiger partial charge in [-0.2, -0.15) is 0 Å². The van der Waals surface area contributed by atoms with Crippen LogP contribution in [0.15, 0.2) is 42.5 Å². The van der Waals surface area contributed by atoms with Gasteiger partial charge in [0.05, 0.1) is 11.0 Å². The van der Waals surface area contributed by atoms with Crippen LogP contribution in [0.5, 0.6) is 5.75 Å². The van der Waals surface area contributed by atoms with E-state index in [4.69, 9.17) is 27.9 Å². The lowest BCUT2D eigenvalue weighted by atomic mass is 10.1. The summed E-state index contributed by atoms with van der Waals surface area (Å²) in [6, 6.07) is 13.7. The molecule has 0 aliphatic carbocycles. The van der Waals surface area contributed by atoms with E-state index in [1.54, 1.807) is 0 Å². The molecule has 5 aromatic rings. The Kier molecular flexibility index (Phi) is 4.13. The quantitative estimate of drug-likeness (QED) is 0.305. The van der Waals surface area contributed by atoms with E-state index < -0.39 is 6.17 Å². The van der Waals surface area contributed by atoms with Crippen molar-refractivity contribution < 1.29 is 9.13 Å². The molecule has 0 amide bonds. The Hall–Kier alpha value is -2.47. The first-order valence-corrected chi connectivity index (χ1v) is 10.7. The van der Waals surface area contributed by atoms with Crippen LogP contribution in [0.4, 0.5) is 4.39 Å². The number of hydrogen-bond donors (Lipinski definition) is 3. The van der Waals surface area contributed by atoms with E-state index in [9.17, 15) is 4.39 Å². The molecule has 0 saturated carbocycles. The van der Waals surface area contributed by atoms with E-state index in [1.807, 2.05) is 36.4 Å². The van der Waals surface area contributed by atoms with Crippen molar-refractivity contribution in [2.24, 2.45) is 0 Å². The Labute approximate surface area is 181 Å². The zero-order valence-electron chi connectivity index (χ0n) is 15.9. The van der Waals surface area contributed by atoms with Gasteiger partial charge in [0, 0.05) is 55.2 Å². The van der Waals surface area contributed by atoms with Gasteiger partial charge >= 0.3 is 0 Å². The van der Waals surface area contributed by atoms with Crippen LogP contribution in [0, 0.1) is 0 Å². The molecule has 1 aliphatic rings. The molecule has 0 spiro atoms. The van der Waals surface area contributed by atoms with E-state index in [0.717, 1.165) is 49.4 Å². The lowest BCUT2D eigenvalue weighted by Gasteiger charge is -2.13. The maximum Gasteiger partial charge on any atom is 0.167 e. The molecule has 6 rings (SSSR count). The number of H-pyrrole nitrogens is 2. The highest BCUT2D eigenvalue weighted by Gasteiger charge is 2.25. The van der Waals surface area contributed by atoms with Crippen LogP contribution >= 0.6 is 23.2 Å². The van der Waals surface area contributed by atoms with Gasteiger partial charge in [-0.15, -0.1) is 0 Å². The summed E-state index contributed by atoms with van der Waals surface area (Å²) >= 11 is 12.6. The van der Waals surface area contributed by atoms with Crippen molar-refractivity contribution >= 4 is 66.8 Å². The van der Waals surface area contributed by atoms with Crippen LogP contribution in [-0.4, -0.2) is 35.3 Å². The highest BCUT2D eigenvalue weighted by atomic mass is 35.5. The molecule has 7 heteroatoms. The van der Waals surface area contributed by atoms with Crippen LogP contribution in [0.2, 0.25) is 10.0 Å². The summed E-state index contributed by atoms with van der Waals surface area (Å²) < 4.78 is 19.9. The van der Waals surface area contributed by atoms with Crippen LogP contribution in [0.25, 0.3) is 43.6 Å². The first kappa shape index (κ1) is 18.3. The molecule has 1 saturated heterocycles. The number of fused-ring (bicyclic) bond motifs is 6. The number of aromatic nitrogens is 2. The third-order valence-electron chi connectivity index (χ3n) is 5.94. The van der Waals surface area contributed by atoms with Gasteiger partial charge in [0.15, 0.2) is 5.75 Å². The molecule has 2 unspecified atom stereocenters. The topological polar surface area (TPSA) is 52.8 Å². The minimum Gasteiger partial charge on any atom is -0.488 e. The van der Waals surface area contributed by atoms with Crippen LogP contribution in [-0.2, 0) is 0 Å². The largest absolute Gasteiger partial charge is 0.488 e. The lowest BCUT2D eigenvalue weighted by molar-refractivity contribution is 0.273. The monoisotopic (exact) mass is 441 g/mol. The highest BCUT2D eigenvalue weighted by molar-refractivity contribution is 6.33. The Bertz CT molecular complexity index is 1350. The van der Waals surface area contributed by atoms with Crippen LogP contribution in [0.3, 0.4) is 0 Å². The van der Waals surface area contributed by atoms with Gasteiger partial charge in [-0.1, -0.05) is 23.2 Å². The number of aromatic amines is 2. The molecule has 1 aliphatic heterocycles. The molecule has 1 fully saturated rings. The van der Waals surface area contributed by atoms with Gasteiger partial charge in [0.2, 0.25) is 0 Å². The van der Waals surface area contributed by atoms with Crippen molar-refractivity contribution in [1.29, 1.82) is 0 Å². The van der Waals surface area contributed by atoms with E-state index in [1.165, 1.54) is 0 Å². The average molecular weight is 442 g/mol. The van der Waals surface area contributed by atoms with Gasteiger partial charge in [0.25, 0.3) is 0 Å². The van der Waals surface area contributed by atoms with Gasteiger partial charge in [-0.3, -0.25) is 0 Å². The molecule has 3 N–H and O–H groups in total. The van der Waals surface area contributed by atoms with Crippen molar-refractivity contribution in [2.45, 2.75) is 18.6 Å². The zero-order valence-corrected chi connectivity index (χ0v) is 17.4. The SMILES string of the molecule is FC1CNC(COc2c3[nH]c4ccc(Cl)cc4c3cc3c2[nH]c2ccc(Cl)cc23)C1. The van der Waals surface area contributed by atoms with Crippen LogP contribution < -0.4 is 10.1 Å². The van der Waals surface area contributed by atoms with E-state index in [-0.39, 0.29) is 6.04 Å². The molecule has 2 atom stereocenters. The summed E-state index contributed by atoms with van der Waals surface area (Å²) in [6.07, 6.45) is -0.358. The van der Waals surface area contributed by atoms with E-state index in [0.29, 0.717) is 29.6 Å². The third-order valence-corrected chi connectivity index (χ3v) is 6.41. The minimum atomic E-state index is -0.820. The number of halogens is 3. The smallest absolute Gasteiger partial charge is 0.167 e. The molecular formula is C23H18Cl2FN3O. The fourth-order valence-electron chi connectivity index (χ4n) is 4.52. The maximum absolute atomic E-state index is 13.6. The second kappa shape index (κ2) is 6.77. The average Bonchev–Trinajstić information content (AvgIpc) is 3.40.